The summed E-state index contributed by atoms with van der Waals surface area (Å²) in [6.45, 7) is 16.7. The van der Waals surface area contributed by atoms with Crippen molar-refractivity contribution in [3.63, 3.8) is 0 Å². The number of benzene rings is 1. The quantitative estimate of drug-likeness (QED) is 0.786. The molecule has 3 heteroatoms. The summed E-state index contributed by atoms with van der Waals surface area (Å²) in [5.41, 5.74) is 1.29. The van der Waals surface area contributed by atoms with Crippen LogP contribution in [0.25, 0.3) is 0 Å². The van der Waals surface area contributed by atoms with Crippen molar-refractivity contribution in [1.29, 1.82) is 0 Å². The van der Waals surface area contributed by atoms with E-state index in [9.17, 15) is 0 Å². The first-order valence-electron chi connectivity index (χ1n) is 7.19. The average molecular weight is 279 g/mol. The molecule has 0 saturated carbocycles. The second-order valence-electron chi connectivity index (χ2n) is 6.71. The van der Waals surface area contributed by atoms with Gasteiger partial charge >= 0.3 is 0 Å². The normalized spacial score (nSPS) is 14.3. The molecule has 0 aliphatic rings. The number of hydrogen-bond acceptors (Lipinski definition) is 2. The van der Waals surface area contributed by atoms with E-state index in [1.54, 1.807) is 0 Å². The van der Waals surface area contributed by atoms with E-state index in [4.69, 9.17) is 4.43 Å². The van der Waals surface area contributed by atoms with Gasteiger partial charge in [0.15, 0.2) is 0 Å². The number of rotatable bonds is 5. The minimum atomic E-state index is -1.74. The van der Waals surface area contributed by atoms with Crippen LogP contribution in [0.4, 0.5) is 0 Å². The van der Waals surface area contributed by atoms with E-state index in [0.717, 1.165) is 12.3 Å². The van der Waals surface area contributed by atoms with E-state index < -0.39 is 8.32 Å². The fourth-order valence-corrected chi connectivity index (χ4v) is 2.74. The average Bonchev–Trinajstić information content (AvgIpc) is 2.27. The summed E-state index contributed by atoms with van der Waals surface area (Å²) >= 11 is 0. The molecule has 1 aromatic rings. The zero-order valence-electron chi connectivity index (χ0n) is 13.5. The molecule has 0 radical (unpaired) electrons. The van der Waals surface area contributed by atoms with E-state index in [-0.39, 0.29) is 5.04 Å². The van der Waals surface area contributed by atoms with E-state index in [0.29, 0.717) is 6.04 Å². The van der Waals surface area contributed by atoms with E-state index in [2.05, 4.69) is 77.3 Å². The van der Waals surface area contributed by atoms with Crippen LogP contribution in [0.3, 0.4) is 0 Å². The van der Waals surface area contributed by atoms with Crippen molar-refractivity contribution in [3.8, 4) is 5.75 Å². The number of nitrogens with one attached hydrogen (secondary N) is 1. The summed E-state index contributed by atoms with van der Waals surface area (Å²) in [7, 11) is -1.74. The molecule has 0 aliphatic heterocycles. The Hall–Kier alpha value is -0.803. The molecule has 2 nitrogen and oxygen atoms in total. The fraction of sp³-hybridized carbons (Fsp3) is 0.625. The third-order valence-electron chi connectivity index (χ3n) is 4.05. The largest absolute Gasteiger partial charge is 0.543 e. The van der Waals surface area contributed by atoms with Gasteiger partial charge in [-0.2, -0.15) is 0 Å². The van der Waals surface area contributed by atoms with Crippen LogP contribution in [-0.4, -0.2) is 14.9 Å². The van der Waals surface area contributed by atoms with Crippen molar-refractivity contribution in [3.05, 3.63) is 29.8 Å². The maximum atomic E-state index is 6.35. The Balaban J connectivity index is 2.89. The third kappa shape index (κ3) is 4.36. The SMILES string of the molecule is CCNC(C)c1cccc(O[Si](C)(C)C(C)(C)C)c1. The molecule has 1 atom stereocenters. The van der Waals surface area contributed by atoms with Gasteiger partial charge in [-0.3, -0.25) is 0 Å². The molecule has 0 spiro atoms. The van der Waals surface area contributed by atoms with Gasteiger partial charge in [-0.05, 0) is 49.3 Å². The van der Waals surface area contributed by atoms with Gasteiger partial charge in [0, 0.05) is 6.04 Å². The highest BCUT2D eigenvalue weighted by Gasteiger charge is 2.38. The van der Waals surface area contributed by atoms with Crippen LogP contribution in [0, 0.1) is 0 Å². The summed E-state index contributed by atoms with van der Waals surface area (Å²) < 4.78 is 6.35. The molecule has 0 aliphatic carbocycles. The zero-order valence-corrected chi connectivity index (χ0v) is 14.5. The van der Waals surface area contributed by atoms with Gasteiger partial charge in [-0.1, -0.05) is 39.8 Å². The Morgan fingerprint density at radius 3 is 2.42 bits per heavy atom. The van der Waals surface area contributed by atoms with Crippen molar-refractivity contribution in [2.75, 3.05) is 6.54 Å². The van der Waals surface area contributed by atoms with Crippen LogP contribution in [-0.2, 0) is 0 Å². The molecule has 0 bridgehead atoms. The second kappa shape index (κ2) is 6.10. The monoisotopic (exact) mass is 279 g/mol. The van der Waals surface area contributed by atoms with Crippen LogP contribution in [0.5, 0.6) is 5.75 Å². The minimum Gasteiger partial charge on any atom is -0.543 e. The first kappa shape index (κ1) is 16.3. The molecule has 1 N–H and O–H groups in total. The topological polar surface area (TPSA) is 21.3 Å². The highest BCUT2D eigenvalue weighted by Crippen LogP contribution is 2.37. The third-order valence-corrected chi connectivity index (χ3v) is 8.41. The smallest absolute Gasteiger partial charge is 0.250 e. The summed E-state index contributed by atoms with van der Waals surface area (Å²) in [6, 6.07) is 8.86. The summed E-state index contributed by atoms with van der Waals surface area (Å²) in [4.78, 5) is 0. The van der Waals surface area contributed by atoms with Crippen LogP contribution in [0.15, 0.2) is 24.3 Å². The molecule has 0 heterocycles. The molecule has 0 saturated heterocycles. The predicted molar refractivity (Wildman–Crippen MR) is 86.4 cm³/mol. The van der Waals surface area contributed by atoms with Gasteiger partial charge in [0.2, 0.25) is 8.32 Å². The molecular formula is C16H29NOSi. The van der Waals surface area contributed by atoms with Gasteiger partial charge in [0.05, 0.1) is 0 Å². The van der Waals surface area contributed by atoms with E-state index >= 15 is 0 Å². The molecule has 1 aromatic carbocycles. The highest BCUT2D eigenvalue weighted by molar-refractivity contribution is 6.74. The minimum absolute atomic E-state index is 0.232. The first-order chi connectivity index (χ1) is 8.67. The Labute approximate surface area is 119 Å². The first-order valence-corrected chi connectivity index (χ1v) is 10.1. The lowest BCUT2D eigenvalue weighted by atomic mass is 10.1. The molecule has 19 heavy (non-hydrogen) atoms. The molecule has 0 aromatic heterocycles. The summed E-state index contributed by atoms with van der Waals surface area (Å²) in [5.74, 6) is 1.01. The van der Waals surface area contributed by atoms with Gasteiger partial charge in [-0.25, -0.2) is 0 Å². The predicted octanol–water partition coefficient (Wildman–Crippen LogP) is 4.74. The van der Waals surface area contributed by atoms with Crippen LogP contribution in [0.1, 0.15) is 46.2 Å². The van der Waals surface area contributed by atoms with Gasteiger partial charge in [0.1, 0.15) is 5.75 Å². The maximum Gasteiger partial charge on any atom is 0.250 e. The van der Waals surface area contributed by atoms with E-state index in [1.807, 2.05) is 0 Å². The van der Waals surface area contributed by atoms with Crippen molar-refractivity contribution in [1.82, 2.24) is 5.32 Å². The van der Waals surface area contributed by atoms with Crippen molar-refractivity contribution >= 4 is 8.32 Å². The zero-order chi connectivity index (χ0) is 14.7. The van der Waals surface area contributed by atoms with Crippen LogP contribution < -0.4 is 9.74 Å². The lowest BCUT2D eigenvalue weighted by Crippen LogP contribution is -2.43. The van der Waals surface area contributed by atoms with Crippen molar-refractivity contribution in [2.24, 2.45) is 0 Å². The van der Waals surface area contributed by atoms with Gasteiger partial charge < -0.3 is 9.74 Å². The van der Waals surface area contributed by atoms with Gasteiger partial charge in [0.25, 0.3) is 0 Å². The second-order valence-corrected chi connectivity index (χ2v) is 11.4. The van der Waals surface area contributed by atoms with Crippen molar-refractivity contribution < 1.29 is 4.43 Å². The van der Waals surface area contributed by atoms with Crippen LogP contribution in [0.2, 0.25) is 18.1 Å². The molecule has 1 rings (SSSR count). The highest BCUT2D eigenvalue weighted by atomic mass is 28.4. The molecule has 0 amide bonds. The standard InChI is InChI=1S/C16H29NOSi/c1-8-17-13(2)14-10-9-11-15(12-14)18-19(6,7)16(3,4)5/h9-13,17H,8H2,1-7H3. The molecular weight excluding hydrogens is 250 g/mol. The van der Waals surface area contributed by atoms with Gasteiger partial charge in [-0.15, -0.1) is 0 Å². The Morgan fingerprint density at radius 2 is 1.89 bits per heavy atom. The van der Waals surface area contributed by atoms with Crippen LogP contribution >= 0.6 is 0 Å². The van der Waals surface area contributed by atoms with Crippen molar-refractivity contribution in [2.45, 2.75) is 58.8 Å². The summed E-state index contributed by atoms with van der Waals surface area (Å²) in [6.07, 6.45) is 0. The lowest BCUT2D eigenvalue weighted by molar-refractivity contribution is 0.490. The summed E-state index contributed by atoms with van der Waals surface area (Å²) in [5, 5.41) is 3.67. The molecule has 1 unspecified atom stereocenters. The fourth-order valence-electron chi connectivity index (χ4n) is 1.72. The Kier molecular flexibility index (Phi) is 5.22. The Morgan fingerprint density at radius 1 is 1.26 bits per heavy atom. The lowest BCUT2D eigenvalue weighted by Gasteiger charge is -2.36. The Bertz CT molecular complexity index is 409. The molecule has 108 valence electrons. The number of hydrogen-bond donors (Lipinski definition) is 1. The molecule has 0 fully saturated rings. The van der Waals surface area contributed by atoms with E-state index in [1.165, 1.54) is 5.56 Å². The maximum absolute atomic E-state index is 6.35.